The molecule has 2 unspecified atom stereocenters. The van der Waals surface area contributed by atoms with Gasteiger partial charge in [0, 0.05) is 38.8 Å². The van der Waals surface area contributed by atoms with E-state index in [1.807, 2.05) is 97.7 Å². The van der Waals surface area contributed by atoms with Gasteiger partial charge in [0.2, 0.25) is 41.4 Å². The van der Waals surface area contributed by atoms with Crippen molar-refractivity contribution in [1.29, 1.82) is 0 Å². The van der Waals surface area contributed by atoms with Gasteiger partial charge in [-0.2, -0.15) is 22.7 Å². The van der Waals surface area contributed by atoms with Crippen LogP contribution in [0, 0.1) is 11.8 Å². The highest BCUT2D eigenvalue weighted by Crippen LogP contribution is 2.42. The van der Waals surface area contributed by atoms with Gasteiger partial charge in [0.15, 0.2) is 0 Å². The molecule has 4 aliphatic rings. The maximum absolute atomic E-state index is 14.1. The molecular formula is C57H75N9O9S2. The fourth-order valence-electron chi connectivity index (χ4n) is 10.1. The molecule has 4 aliphatic heterocycles. The van der Waals surface area contributed by atoms with Gasteiger partial charge in [-0.3, -0.25) is 33.6 Å². The van der Waals surface area contributed by atoms with E-state index in [1.165, 1.54) is 25.2 Å². The van der Waals surface area contributed by atoms with Crippen molar-refractivity contribution in [3.63, 3.8) is 0 Å². The number of nitrogens with zero attached hydrogens (tertiary/aromatic N) is 4. The number of rotatable bonds is 17. The first-order valence-electron chi connectivity index (χ1n) is 26.6. The van der Waals surface area contributed by atoms with Gasteiger partial charge in [0.1, 0.15) is 29.3 Å². The molecule has 0 saturated carbocycles. The van der Waals surface area contributed by atoms with Gasteiger partial charge < -0.3 is 51.3 Å². The Morgan fingerprint density at radius 3 is 1.55 bits per heavy atom. The predicted molar refractivity (Wildman–Crippen MR) is 301 cm³/mol. The Balaban J connectivity index is 0.000000236. The van der Waals surface area contributed by atoms with E-state index < -0.39 is 53.2 Å². The van der Waals surface area contributed by atoms with Crippen LogP contribution in [-0.2, 0) is 64.2 Å². The van der Waals surface area contributed by atoms with E-state index >= 15 is 0 Å². The van der Waals surface area contributed by atoms with Crippen LogP contribution in [-0.4, -0.2) is 95.8 Å². The lowest BCUT2D eigenvalue weighted by atomic mass is 9.94. The van der Waals surface area contributed by atoms with Crippen LogP contribution >= 0.6 is 22.7 Å². The monoisotopic (exact) mass is 1090 g/mol. The molecule has 6 heterocycles. The van der Waals surface area contributed by atoms with Gasteiger partial charge in [0.05, 0.1) is 41.9 Å². The summed E-state index contributed by atoms with van der Waals surface area (Å²) >= 11 is 3.10. The van der Waals surface area contributed by atoms with Gasteiger partial charge in [-0.1, -0.05) is 52.0 Å². The minimum absolute atomic E-state index is 0.0260. The zero-order chi connectivity index (χ0) is 55.9. The van der Waals surface area contributed by atoms with E-state index in [9.17, 15) is 38.4 Å². The van der Waals surface area contributed by atoms with E-state index in [4.69, 9.17) is 10.5 Å². The van der Waals surface area contributed by atoms with Crippen LogP contribution in [0.5, 0.6) is 0 Å². The molecule has 2 aromatic carbocycles. The van der Waals surface area contributed by atoms with E-state index in [1.54, 1.807) is 51.7 Å². The first-order chi connectivity index (χ1) is 36.4. The standard InChI is InChI=1S/C33H45N5O6S.C24H30N4O3S/c1-20(2)16-23(35-30(42)33(6,7)36-31(43)44-32(3,4)5)28(40)34-24-17-22-10-8-11-25(37-14-9-12-26(37)39)27(22)38(29(24)41)18-21-13-15-45-19-21;1-15(2)11-18(25)23(30)26-19-12-17-5-3-6-20(27-9-4-7-21(27)29)22(17)28(24(19)31)13-16-8-10-32-14-16/h8,10-11,13,15,19-20,23-24H,9,12,14,16-18H2,1-7H3,(H,34,40)(H,35,42)(H,36,43);3,5-6,8,10,14-15,18-19H,4,7,9,11-13,25H2,1-2H3,(H,26,30)/t23-,24?;18-,19?/m11/s1. The molecule has 2 saturated heterocycles. The largest absolute Gasteiger partial charge is 0.444 e. The summed E-state index contributed by atoms with van der Waals surface area (Å²) in [6.45, 7) is 18.0. The molecule has 4 aromatic rings. The molecule has 18 nitrogen and oxygen atoms in total. The normalized spacial score (nSPS) is 18.4. The second-order valence-corrected chi connectivity index (χ2v) is 24.2. The number of para-hydroxylation sites is 2. The smallest absolute Gasteiger partial charge is 0.408 e. The van der Waals surface area contributed by atoms with E-state index in [0.29, 0.717) is 63.1 Å². The third-order valence-electron chi connectivity index (χ3n) is 13.7. The van der Waals surface area contributed by atoms with E-state index in [-0.39, 0.29) is 54.3 Å². The lowest BCUT2D eigenvalue weighted by molar-refractivity contribution is -0.133. The van der Waals surface area contributed by atoms with Crippen LogP contribution in [0.15, 0.2) is 70.1 Å². The molecule has 77 heavy (non-hydrogen) atoms. The van der Waals surface area contributed by atoms with Crippen molar-refractivity contribution in [3.05, 3.63) is 92.3 Å². The van der Waals surface area contributed by atoms with Gasteiger partial charge in [0.25, 0.3) is 0 Å². The number of hydrogen-bond donors (Lipinski definition) is 5. The number of benzene rings is 2. The average Bonchev–Trinajstić information content (AvgIpc) is 4.23. The zero-order valence-electron chi connectivity index (χ0n) is 45.7. The van der Waals surface area contributed by atoms with E-state index in [2.05, 4.69) is 21.3 Å². The second-order valence-electron chi connectivity index (χ2n) is 22.7. The van der Waals surface area contributed by atoms with Crippen molar-refractivity contribution in [2.75, 3.05) is 32.7 Å². The van der Waals surface area contributed by atoms with Crippen molar-refractivity contribution in [3.8, 4) is 0 Å². The summed E-state index contributed by atoms with van der Waals surface area (Å²) in [5, 5.41) is 19.1. The maximum Gasteiger partial charge on any atom is 0.408 e. The predicted octanol–water partition coefficient (Wildman–Crippen LogP) is 7.11. The average molecular weight is 1090 g/mol. The Morgan fingerprint density at radius 2 is 1.14 bits per heavy atom. The molecule has 2 fully saturated rings. The Hall–Kier alpha value is -6.64. The number of hydrogen-bond acceptors (Lipinski definition) is 12. The molecule has 0 bridgehead atoms. The van der Waals surface area contributed by atoms with Gasteiger partial charge in [-0.25, -0.2) is 4.79 Å². The quantitative estimate of drug-likeness (QED) is 0.0719. The van der Waals surface area contributed by atoms with Crippen molar-refractivity contribution in [2.45, 2.75) is 162 Å². The summed E-state index contributed by atoms with van der Waals surface area (Å²) < 4.78 is 5.30. The molecule has 6 N–H and O–H groups in total. The molecule has 8 amide bonds. The van der Waals surface area contributed by atoms with Crippen LogP contribution in [0.3, 0.4) is 0 Å². The number of nitrogens with two attached hydrogens (primary N) is 1. The highest BCUT2D eigenvalue weighted by Gasteiger charge is 2.42. The summed E-state index contributed by atoms with van der Waals surface area (Å²) in [6.07, 6.45) is 3.30. The number of carbonyl (C=O) groups is 8. The highest BCUT2D eigenvalue weighted by atomic mass is 32.1. The Labute approximate surface area is 459 Å². The van der Waals surface area contributed by atoms with Crippen LogP contribution in [0.2, 0.25) is 0 Å². The van der Waals surface area contributed by atoms with E-state index in [0.717, 1.165) is 46.5 Å². The van der Waals surface area contributed by atoms with Crippen molar-refractivity contribution in [2.24, 2.45) is 17.6 Å². The third-order valence-corrected chi connectivity index (χ3v) is 15.2. The van der Waals surface area contributed by atoms with Gasteiger partial charge in [-0.15, -0.1) is 0 Å². The molecule has 0 aliphatic carbocycles. The Morgan fingerprint density at radius 1 is 0.675 bits per heavy atom. The molecule has 0 spiro atoms. The maximum atomic E-state index is 14.1. The molecule has 414 valence electrons. The van der Waals surface area contributed by atoms with Crippen molar-refractivity contribution in [1.82, 2.24) is 21.3 Å². The molecular weight excluding hydrogens is 1020 g/mol. The minimum Gasteiger partial charge on any atom is -0.444 e. The summed E-state index contributed by atoms with van der Waals surface area (Å²) in [5.74, 6) is -1.38. The fraction of sp³-hybridized carbons (Fsp3) is 0.509. The van der Waals surface area contributed by atoms with Crippen LogP contribution in [0.1, 0.15) is 123 Å². The van der Waals surface area contributed by atoms with Crippen LogP contribution in [0.4, 0.5) is 27.5 Å². The Bertz CT molecular complexity index is 2810. The summed E-state index contributed by atoms with van der Waals surface area (Å²) in [5.41, 5.74) is 10.6. The molecule has 4 atom stereocenters. The lowest BCUT2D eigenvalue weighted by Gasteiger charge is -2.38. The third kappa shape index (κ3) is 14.5. The van der Waals surface area contributed by atoms with Crippen LogP contribution < -0.4 is 46.6 Å². The van der Waals surface area contributed by atoms with Crippen molar-refractivity contribution < 1.29 is 43.1 Å². The number of thiophene rings is 2. The Kier molecular flexibility index (Phi) is 18.7. The number of fused-ring (bicyclic) bond motifs is 2. The second kappa shape index (κ2) is 24.8. The molecule has 20 heteroatoms. The topological polar surface area (TPSA) is 233 Å². The summed E-state index contributed by atoms with van der Waals surface area (Å²) in [6, 6.07) is 12.2. The SMILES string of the molecule is CC(C)C[C@@H](N)C(=O)NC1Cc2cccc(N3CCCC3=O)c2N(Cc2ccsc2)C1=O.CC(C)C[C@@H](NC(=O)C(C)(C)NC(=O)OC(C)(C)C)C(=O)NC1Cc2cccc(N3CCCC3=O)c2N(Cc2ccsc2)C1=O. The number of alkyl carbamates (subject to hydrolysis) is 1. The number of ether oxygens (including phenoxy) is 1. The van der Waals surface area contributed by atoms with Gasteiger partial charge in [-0.05, 0) is 140 Å². The lowest BCUT2D eigenvalue weighted by Crippen LogP contribution is -2.61. The highest BCUT2D eigenvalue weighted by molar-refractivity contribution is 7.08. The zero-order valence-corrected chi connectivity index (χ0v) is 47.4. The van der Waals surface area contributed by atoms with Gasteiger partial charge >= 0.3 is 6.09 Å². The molecule has 0 radical (unpaired) electrons. The first-order valence-corrected chi connectivity index (χ1v) is 28.5. The minimum atomic E-state index is -1.38. The molecule has 2 aromatic heterocycles. The molecule has 8 rings (SSSR count). The summed E-state index contributed by atoms with van der Waals surface area (Å²) in [7, 11) is 0. The number of nitrogens with one attached hydrogen (secondary N) is 4. The number of anilines is 4. The van der Waals surface area contributed by atoms with Crippen LogP contribution in [0.25, 0.3) is 0 Å². The summed E-state index contributed by atoms with van der Waals surface area (Å²) in [4.78, 5) is 112. The number of amides is 8. The first kappa shape index (κ1) is 58.1. The fourth-order valence-corrected chi connectivity index (χ4v) is 11.4. The number of carbonyl (C=O) groups excluding carboxylic acids is 8. The van der Waals surface area contributed by atoms with Crippen molar-refractivity contribution >= 4 is 92.9 Å².